The number of pyridine rings is 1. The number of aromatic nitrogens is 1. The summed E-state index contributed by atoms with van der Waals surface area (Å²) in [4.78, 5) is 4.13. The average molecular weight is 197 g/mol. The topological polar surface area (TPSA) is 38.9 Å². The zero-order valence-corrected chi connectivity index (χ0v) is 8.43. The molecule has 70 valence electrons. The van der Waals surface area contributed by atoms with Crippen molar-refractivity contribution in [2.45, 2.75) is 25.2 Å². The van der Waals surface area contributed by atoms with Gasteiger partial charge in [-0.05, 0) is 37.5 Å². The van der Waals surface area contributed by atoms with Crippen LogP contribution in [-0.4, -0.2) is 11.5 Å². The highest BCUT2D eigenvalue weighted by molar-refractivity contribution is 6.29. The predicted molar refractivity (Wildman–Crippen MR) is 54.0 cm³/mol. The van der Waals surface area contributed by atoms with Crippen LogP contribution < -0.4 is 5.73 Å². The maximum absolute atomic E-state index is 5.89. The van der Waals surface area contributed by atoms with Gasteiger partial charge in [-0.3, -0.25) is 0 Å². The number of hydrogen-bond donors (Lipinski definition) is 1. The lowest BCUT2D eigenvalue weighted by Gasteiger charge is -2.13. The molecule has 2 nitrogen and oxygen atoms in total. The zero-order chi connectivity index (χ0) is 9.47. The number of halogens is 1. The molecule has 2 rings (SSSR count). The van der Waals surface area contributed by atoms with E-state index in [9.17, 15) is 0 Å². The maximum atomic E-state index is 5.89. The van der Waals surface area contributed by atoms with Crippen molar-refractivity contribution in [3.63, 3.8) is 0 Å². The lowest BCUT2D eigenvalue weighted by atomic mass is 9.97. The van der Waals surface area contributed by atoms with Crippen LogP contribution in [0, 0.1) is 6.92 Å². The highest BCUT2D eigenvalue weighted by Gasteiger charge is 2.43. The van der Waals surface area contributed by atoms with Crippen molar-refractivity contribution in [2.24, 2.45) is 5.73 Å². The Labute approximate surface area is 83.1 Å². The summed E-state index contributed by atoms with van der Waals surface area (Å²) in [5.74, 6) is 0. The molecule has 0 radical (unpaired) electrons. The Morgan fingerprint density at radius 3 is 2.69 bits per heavy atom. The van der Waals surface area contributed by atoms with Crippen LogP contribution in [0.25, 0.3) is 0 Å². The zero-order valence-electron chi connectivity index (χ0n) is 7.68. The van der Waals surface area contributed by atoms with E-state index >= 15 is 0 Å². The van der Waals surface area contributed by atoms with Crippen LogP contribution in [0.1, 0.15) is 24.1 Å². The second-order valence-electron chi connectivity index (χ2n) is 3.80. The maximum Gasteiger partial charge on any atom is 0.129 e. The third-order valence-corrected chi connectivity index (χ3v) is 2.97. The Bertz CT molecular complexity index is 311. The Hall–Kier alpha value is -0.600. The van der Waals surface area contributed by atoms with E-state index in [1.807, 2.05) is 13.0 Å². The number of nitrogens with two attached hydrogens (primary N) is 1. The molecule has 1 heterocycles. The van der Waals surface area contributed by atoms with Crippen molar-refractivity contribution < 1.29 is 0 Å². The summed E-state index contributed by atoms with van der Waals surface area (Å²) in [5.41, 5.74) is 8.19. The van der Waals surface area contributed by atoms with Crippen molar-refractivity contribution in [1.29, 1.82) is 0 Å². The Morgan fingerprint density at radius 1 is 1.54 bits per heavy atom. The Balaban J connectivity index is 2.40. The summed E-state index contributed by atoms with van der Waals surface area (Å²) in [5, 5.41) is 0.578. The van der Waals surface area contributed by atoms with Crippen LogP contribution in [0.3, 0.4) is 0 Å². The molecule has 1 aliphatic rings. The molecule has 0 spiro atoms. The van der Waals surface area contributed by atoms with Gasteiger partial charge in [-0.25, -0.2) is 4.98 Å². The Morgan fingerprint density at radius 2 is 2.23 bits per heavy atom. The van der Waals surface area contributed by atoms with Crippen LogP contribution in [0.4, 0.5) is 0 Å². The van der Waals surface area contributed by atoms with Crippen molar-refractivity contribution >= 4 is 11.6 Å². The summed E-state index contributed by atoms with van der Waals surface area (Å²) in [6.07, 6.45) is 2.37. The average Bonchev–Trinajstić information content (AvgIpc) is 2.82. The molecule has 0 unspecified atom stereocenters. The molecule has 0 saturated heterocycles. The summed E-state index contributed by atoms with van der Waals surface area (Å²) in [6.45, 7) is 2.68. The van der Waals surface area contributed by atoms with E-state index in [1.165, 1.54) is 18.4 Å². The minimum absolute atomic E-state index is 0.220. The van der Waals surface area contributed by atoms with Crippen LogP contribution >= 0.6 is 11.6 Å². The molecule has 0 aliphatic heterocycles. The minimum Gasteiger partial charge on any atom is -0.330 e. The molecule has 0 atom stereocenters. The van der Waals surface area contributed by atoms with Crippen molar-refractivity contribution in [3.05, 3.63) is 28.5 Å². The van der Waals surface area contributed by atoms with Crippen LogP contribution in [0.15, 0.2) is 12.1 Å². The fourth-order valence-corrected chi connectivity index (χ4v) is 1.95. The van der Waals surface area contributed by atoms with Gasteiger partial charge in [0.2, 0.25) is 0 Å². The minimum atomic E-state index is 0.220. The van der Waals surface area contributed by atoms with Gasteiger partial charge in [-0.15, -0.1) is 0 Å². The lowest BCUT2D eigenvalue weighted by Crippen LogP contribution is -2.19. The lowest BCUT2D eigenvalue weighted by molar-refractivity contribution is 0.702. The summed E-state index contributed by atoms with van der Waals surface area (Å²) >= 11 is 5.89. The van der Waals surface area contributed by atoms with Crippen molar-refractivity contribution in [3.8, 4) is 0 Å². The van der Waals surface area contributed by atoms with Gasteiger partial charge >= 0.3 is 0 Å². The third kappa shape index (κ3) is 1.56. The first-order chi connectivity index (χ1) is 6.16. The predicted octanol–water partition coefficient (Wildman–Crippen LogP) is 2.03. The largest absolute Gasteiger partial charge is 0.330 e. The van der Waals surface area contributed by atoms with Crippen LogP contribution in [0.2, 0.25) is 5.15 Å². The number of rotatable bonds is 2. The van der Waals surface area contributed by atoms with E-state index in [0.717, 1.165) is 5.69 Å². The first-order valence-electron chi connectivity index (χ1n) is 4.51. The van der Waals surface area contributed by atoms with E-state index in [2.05, 4.69) is 11.1 Å². The monoisotopic (exact) mass is 196 g/mol. The van der Waals surface area contributed by atoms with E-state index < -0.39 is 0 Å². The third-order valence-electron chi connectivity index (χ3n) is 2.78. The molecule has 0 amide bonds. The second kappa shape index (κ2) is 2.96. The highest BCUT2D eigenvalue weighted by atomic mass is 35.5. The summed E-state index contributed by atoms with van der Waals surface area (Å²) in [7, 11) is 0. The molecule has 0 bridgehead atoms. The number of hydrogen-bond acceptors (Lipinski definition) is 2. The highest BCUT2D eigenvalue weighted by Crippen LogP contribution is 2.47. The van der Waals surface area contributed by atoms with E-state index in [1.54, 1.807) is 0 Å². The molecule has 1 aromatic rings. The molecular weight excluding hydrogens is 184 g/mol. The van der Waals surface area contributed by atoms with E-state index in [-0.39, 0.29) is 5.41 Å². The first kappa shape index (κ1) is 8.97. The molecule has 1 fully saturated rings. The smallest absolute Gasteiger partial charge is 0.129 e. The fraction of sp³-hybridized carbons (Fsp3) is 0.500. The van der Waals surface area contributed by atoms with E-state index in [4.69, 9.17) is 17.3 Å². The fourth-order valence-electron chi connectivity index (χ4n) is 1.70. The van der Waals surface area contributed by atoms with Crippen molar-refractivity contribution in [2.75, 3.05) is 6.54 Å². The van der Waals surface area contributed by atoms with Gasteiger partial charge in [0.1, 0.15) is 5.15 Å². The van der Waals surface area contributed by atoms with Gasteiger partial charge in [-0.1, -0.05) is 11.6 Å². The molecule has 1 saturated carbocycles. The van der Waals surface area contributed by atoms with Gasteiger partial charge in [0.15, 0.2) is 0 Å². The van der Waals surface area contributed by atoms with Gasteiger partial charge in [-0.2, -0.15) is 0 Å². The van der Waals surface area contributed by atoms with Crippen LogP contribution in [0.5, 0.6) is 0 Å². The van der Waals surface area contributed by atoms with Gasteiger partial charge in [0.25, 0.3) is 0 Å². The Kier molecular flexibility index (Phi) is 2.05. The molecule has 1 aromatic heterocycles. The quantitative estimate of drug-likeness (QED) is 0.736. The molecule has 0 aromatic carbocycles. The SMILES string of the molecule is Cc1cc(C2(CN)CC2)cc(Cl)n1. The summed E-state index contributed by atoms with van der Waals surface area (Å²) in [6, 6.07) is 4.03. The first-order valence-corrected chi connectivity index (χ1v) is 4.89. The molecule has 2 N–H and O–H groups in total. The van der Waals surface area contributed by atoms with Gasteiger partial charge in [0, 0.05) is 17.7 Å². The number of nitrogens with zero attached hydrogens (tertiary/aromatic N) is 1. The molecule has 13 heavy (non-hydrogen) atoms. The molecule has 3 heteroatoms. The summed E-state index contributed by atoms with van der Waals surface area (Å²) < 4.78 is 0. The standard InChI is InChI=1S/C10H13ClN2/c1-7-4-8(5-9(11)13-7)10(6-12)2-3-10/h4-5H,2-3,6,12H2,1H3. The molecular formula is C10H13ClN2. The normalized spacial score (nSPS) is 18.7. The van der Waals surface area contributed by atoms with Crippen molar-refractivity contribution in [1.82, 2.24) is 4.98 Å². The second-order valence-corrected chi connectivity index (χ2v) is 4.19. The molecule has 1 aliphatic carbocycles. The van der Waals surface area contributed by atoms with Gasteiger partial charge in [0.05, 0.1) is 0 Å². The van der Waals surface area contributed by atoms with Crippen LogP contribution in [-0.2, 0) is 5.41 Å². The number of aryl methyl sites for hydroxylation is 1. The van der Waals surface area contributed by atoms with E-state index in [0.29, 0.717) is 11.7 Å². The van der Waals surface area contributed by atoms with Gasteiger partial charge < -0.3 is 5.73 Å².